The van der Waals surface area contributed by atoms with Crippen molar-refractivity contribution in [2.24, 2.45) is 0 Å². The maximum absolute atomic E-state index is 6.02. The molecular weight excluding hydrogens is 345 g/mol. The summed E-state index contributed by atoms with van der Waals surface area (Å²) >= 11 is 0. The first kappa shape index (κ1) is 19.0. The minimum absolute atomic E-state index is 0.237. The van der Waals surface area contributed by atoms with E-state index in [1.54, 1.807) is 0 Å². The molecule has 1 aliphatic rings. The van der Waals surface area contributed by atoms with E-state index in [2.05, 4.69) is 28.3 Å². The molecule has 0 saturated carbocycles. The molecule has 140 valence electrons. The van der Waals surface area contributed by atoms with Gasteiger partial charge in [-0.3, -0.25) is 0 Å². The van der Waals surface area contributed by atoms with Crippen LogP contribution in [0.1, 0.15) is 28.9 Å². The summed E-state index contributed by atoms with van der Waals surface area (Å²) in [6.07, 6.45) is 3.41. The first-order chi connectivity index (χ1) is 12.5. The van der Waals surface area contributed by atoms with E-state index in [1.807, 2.05) is 25.1 Å². The summed E-state index contributed by atoms with van der Waals surface area (Å²) in [6.45, 7) is 5.49. The van der Waals surface area contributed by atoms with Crippen LogP contribution in [-0.4, -0.2) is 34.8 Å². The SMILES string of the molecule is Cc1cc(N)nc(CO[C@H]2CN[C@H](CPCc3cc(C)cc(N)n3)C2)c1. The van der Waals surface area contributed by atoms with Crippen molar-refractivity contribution < 1.29 is 4.74 Å². The van der Waals surface area contributed by atoms with Gasteiger partial charge in [-0.05, 0) is 61.8 Å². The number of aromatic nitrogens is 2. The Morgan fingerprint density at radius 3 is 2.42 bits per heavy atom. The van der Waals surface area contributed by atoms with Crippen LogP contribution in [0.4, 0.5) is 11.6 Å². The van der Waals surface area contributed by atoms with Gasteiger partial charge in [0.2, 0.25) is 0 Å². The fourth-order valence-electron chi connectivity index (χ4n) is 3.34. The lowest BCUT2D eigenvalue weighted by molar-refractivity contribution is 0.0510. The second-order valence-electron chi connectivity index (χ2n) is 7.03. The monoisotopic (exact) mass is 373 g/mol. The minimum atomic E-state index is 0.237. The Kier molecular flexibility index (Phi) is 6.41. The first-order valence-electron chi connectivity index (χ1n) is 8.99. The van der Waals surface area contributed by atoms with Gasteiger partial charge >= 0.3 is 0 Å². The lowest BCUT2D eigenvalue weighted by Gasteiger charge is -2.12. The molecule has 0 radical (unpaired) electrons. The van der Waals surface area contributed by atoms with Gasteiger partial charge in [-0.15, -0.1) is 8.58 Å². The minimum Gasteiger partial charge on any atom is -0.384 e. The van der Waals surface area contributed by atoms with Crippen molar-refractivity contribution in [2.75, 3.05) is 24.2 Å². The molecule has 1 aliphatic heterocycles. The number of ether oxygens (including phenoxy) is 1. The van der Waals surface area contributed by atoms with Crippen LogP contribution in [0, 0.1) is 13.8 Å². The number of hydrogen-bond donors (Lipinski definition) is 3. The number of nitrogens with one attached hydrogen (secondary N) is 1. The zero-order valence-electron chi connectivity index (χ0n) is 15.5. The van der Waals surface area contributed by atoms with Crippen LogP contribution in [0.15, 0.2) is 24.3 Å². The van der Waals surface area contributed by atoms with E-state index in [0.717, 1.165) is 50.8 Å². The van der Waals surface area contributed by atoms with Crippen LogP contribution in [0.5, 0.6) is 0 Å². The summed E-state index contributed by atoms with van der Waals surface area (Å²) in [5.74, 6) is 1.17. The van der Waals surface area contributed by atoms with E-state index in [9.17, 15) is 0 Å². The Morgan fingerprint density at radius 1 is 1.08 bits per heavy atom. The molecule has 0 amide bonds. The number of aryl methyl sites for hydroxylation is 2. The van der Waals surface area contributed by atoms with Crippen LogP contribution in [0.3, 0.4) is 0 Å². The van der Waals surface area contributed by atoms with Gasteiger partial charge in [-0.2, -0.15) is 0 Å². The fourth-order valence-corrected chi connectivity index (χ4v) is 4.58. The molecule has 3 atom stereocenters. The lowest BCUT2D eigenvalue weighted by Crippen LogP contribution is -2.23. The molecule has 2 aromatic rings. The molecule has 0 bridgehead atoms. The summed E-state index contributed by atoms with van der Waals surface area (Å²) in [5, 5.41) is 3.57. The Hall–Kier alpha value is -1.75. The van der Waals surface area contributed by atoms with Crippen molar-refractivity contribution in [3.8, 4) is 0 Å². The van der Waals surface area contributed by atoms with Crippen molar-refractivity contribution in [3.63, 3.8) is 0 Å². The first-order valence-corrected chi connectivity index (χ1v) is 10.4. The van der Waals surface area contributed by atoms with Crippen LogP contribution in [-0.2, 0) is 17.5 Å². The zero-order chi connectivity index (χ0) is 18.5. The molecule has 5 N–H and O–H groups in total. The third-order valence-electron chi connectivity index (χ3n) is 4.43. The Bertz CT molecular complexity index is 714. The second kappa shape index (κ2) is 8.76. The Labute approximate surface area is 156 Å². The van der Waals surface area contributed by atoms with E-state index < -0.39 is 0 Å². The molecule has 2 aromatic heterocycles. The average Bonchev–Trinajstić information content (AvgIpc) is 2.99. The van der Waals surface area contributed by atoms with E-state index >= 15 is 0 Å². The molecule has 26 heavy (non-hydrogen) atoms. The number of nitrogens with two attached hydrogens (primary N) is 2. The molecule has 1 unspecified atom stereocenters. The Morgan fingerprint density at radius 2 is 1.73 bits per heavy atom. The third kappa shape index (κ3) is 5.63. The average molecular weight is 373 g/mol. The highest BCUT2D eigenvalue weighted by atomic mass is 31.1. The standard InChI is InChI=1S/C19H28N5OP/c1-12-3-14(23-18(20)5-12)9-25-17-7-15(22-8-17)10-26-11-16-4-13(2)6-19(21)24-16/h3-6,15,17,22,26H,7-11H2,1-2H3,(H2,20,23)(H2,21,24)/t15-,17+/m0/s1. The Balaban J connectivity index is 1.39. The van der Waals surface area contributed by atoms with Gasteiger partial charge in [-0.1, -0.05) is 0 Å². The molecule has 3 rings (SSSR count). The van der Waals surface area contributed by atoms with Crippen molar-refractivity contribution in [1.29, 1.82) is 0 Å². The van der Waals surface area contributed by atoms with Crippen molar-refractivity contribution in [2.45, 2.75) is 45.2 Å². The van der Waals surface area contributed by atoms with Gasteiger partial charge in [0.1, 0.15) is 11.6 Å². The summed E-state index contributed by atoms with van der Waals surface area (Å²) < 4.78 is 6.02. The van der Waals surface area contributed by atoms with Crippen molar-refractivity contribution in [3.05, 3.63) is 46.8 Å². The van der Waals surface area contributed by atoms with Gasteiger partial charge < -0.3 is 21.5 Å². The van der Waals surface area contributed by atoms with E-state index in [1.165, 1.54) is 5.56 Å². The van der Waals surface area contributed by atoms with E-state index in [-0.39, 0.29) is 6.10 Å². The summed E-state index contributed by atoms with van der Waals surface area (Å²) in [7, 11) is 0.833. The molecule has 0 aliphatic carbocycles. The number of pyridine rings is 2. The predicted molar refractivity (Wildman–Crippen MR) is 109 cm³/mol. The predicted octanol–water partition coefficient (Wildman–Crippen LogP) is 2.38. The van der Waals surface area contributed by atoms with Gasteiger partial charge in [0, 0.05) is 24.4 Å². The lowest BCUT2D eigenvalue weighted by atomic mass is 10.2. The van der Waals surface area contributed by atoms with Crippen LogP contribution >= 0.6 is 8.58 Å². The number of nitrogen functional groups attached to an aromatic ring is 2. The molecule has 7 heteroatoms. The van der Waals surface area contributed by atoms with Gasteiger partial charge in [0.05, 0.1) is 18.4 Å². The number of nitrogens with zero attached hydrogens (tertiary/aromatic N) is 2. The molecular formula is C19H28N5OP. The molecule has 0 spiro atoms. The maximum Gasteiger partial charge on any atom is 0.123 e. The molecule has 1 saturated heterocycles. The maximum atomic E-state index is 6.02. The molecule has 3 heterocycles. The molecule has 6 nitrogen and oxygen atoms in total. The normalized spacial score (nSPS) is 20.2. The summed E-state index contributed by atoms with van der Waals surface area (Å²) in [4.78, 5) is 8.74. The van der Waals surface area contributed by atoms with Crippen molar-refractivity contribution in [1.82, 2.24) is 15.3 Å². The highest BCUT2D eigenvalue weighted by Crippen LogP contribution is 2.24. The topological polar surface area (TPSA) is 99.1 Å². The largest absolute Gasteiger partial charge is 0.384 e. The van der Waals surface area contributed by atoms with Crippen LogP contribution in [0.2, 0.25) is 0 Å². The van der Waals surface area contributed by atoms with E-state index in [0.29, 0.717) is 24.3 Å². The number of rotatable bonds is 7. The van der Waals surface area contributed by atoms with Gasteiger partial charge in [-0.25, -0.2) is 9.97 Å². The third-order valence-corrected chi connectivity index (χ3v) is 5.82. The van der Waals surface area contributed by atoms with Crippen LogP contribution in [0.25, 0.3) is 0 Å². The number of anilines is 2. The molecule has 1 fully saturated rings. The van der Waals surface area contributed by atoms with Gasteiger partial charge in [0.25, 0.3) is 0 Å². The van der Waals surface area contributed by atoms with Crippen LogP contribution < -0.4 is 16.8 Å². The summed E-state index contributed by atoms with van der Waals surface area (Å²) in [6, 6.07) is 8.43. The smallest absolute Gasteiger partial charge is 0.123 e. The summed E-state index contributed by atoms with van der Waals surface area (Å²) in [5.41, 5.74) is 15.9. The van der Waals surface area contributed by atoms with Crippen molar-refractivity contribution >= 4 is 20.2 Å². The fraction of sp³-hybridized carbons (Fsp3) is 0.474. The van der Waals surface area contributed by atoms with Gasteiger partial charge in [0.15, 0.2) is 0 Å². The molecule has 0 aromatic carbocycles. The van der Waals surface area contributed by atoms with E-state index in [4.69, 9.17) is 16.2 Å². The highest BCUT2D eigenvalue weighted by molar-refractivity contribution is 7.37. The number of hydrogen-bond acceptors (Lipinski definition) is 6. The highest BCUT2D eigenvalue weighted by Gasteiger charge is 2.24. The second-order valence-corrected chi connectivity index (χ2v) is 8.29. The zero-order valence-corrected chi connectivity index (χ0v) is 16.5. The quantitative estimate of drug-likeness (QED) is 0.645.